The molecule has 0 bridgehead atoms. The van der Waals surface area contributed by atoms with Crippen molar-refractivity contribution >= 4 is 23.1 Å². The molecule has 0 fully saturated rings. The number of aromatic nitrogens is 1. The van der Waals surface area contributed by atoms with E-state index in [1.807, 2.05) is 19.1 Å². The fourth-order valence-corrected chi connectivity index (χ4v) is 1.52. The van der Waals surface area contributed by atoms with Gasteiger partial charge in [-0.15, -0.1) is 0 Å². The van der Waals surface area contributed by atoms with E-state index in [4.69, 9.17) is 21.8 Å². The minimum absolute atomic E-state index is 0.524. The van der Waals surface area contributed by atoms with Crippen LogP contribution in [0.2, 0.25) is 5.02 Å². The summed E-state index contributed by atoms with van der Waals surface area (Å²) in [5, 5.41) is 3.61. The van der Waals surface area contributed by atoms with Gasteiger partial charge in [0, 0.05) is 6.20 Å². The van der Waals surface area contributed by atoms with E-state index in [0.717, 1.165) is 11.5 Å². The molecule has 0 aliphatic carbocycles. The molecule has 0 spiro atoms. The first-order valence-corrected chi connectivity index (χ1v) is 5.23. The van der Waals surface area contributed by atoms with Gasteiger partial charge in [-0.2, -0.15) is 0 Å². The second-order valence-electron chi connectivity index (χ2n) is 3.46. The molecule has 0 saturated carbocycles. The number of nitrogen functional groups attached to an aromatic ring is 1. The van der Waals surface area contributed by atoms with Gasteiger partial charge in [0.15, 0.2) is 0 Å². The molecule has 16 heavy (non-hydrogen) atoms. The zero-order valence-corrected chi connectivity index (χ0v) is 9.58. The molecule has 3 N–H and O–H groups in total. The molecule has 84 valence electrons. The van der Waals surface area contributed by atoms with Gasteiger partial charge in [-0.25, -0.2) is 4.98 Å². The first kappa shape index (κ1) is 10.8. The number of anilines is 2. The van der Waals surface area contributed by atoms with Crippen molar-refractivity contribution in [2.75, 3.05) is 11.1 Å². The topological polar surface area (TPSA) is 64.1 Å². The van der Waals surface area contributed by atoms with E-state index in [1.165, 1.54) is 0 Å². The van der Waals surface area contributed by atoms with Gasteiger partial charge in [0.2, 0.25) is 0 Å². The maximum Gasteiger partial charge on any atom is 0.149 e. The van der Waals surface area contributed by atoms with Gasteiger partial charge in [-0.05, 0) is 25.1 Å². The van der Waals surface area contributed by atoms with Crippen molar-refractivity contribution in [2.45, 2.75) is 13.5 Å². The van der Waals surface area contributed by atoms with Crippen molar-refractivity contribution in [1.82, 2.24) is 4.98 Å². The number of hydrogen-bond acceptors (Lipinski definition) is 4. The summed E-state index contributed by atoms with van der Waals surface area (Å²) in [7, 11) is 0. The summed E-state index contributed by atoms with van der Waals surface area (Å²) in [6.45, 7) is 2.45. The predicted octanol–water partition coefficient (Wildman–Crippen LogP) is 2.83. The molecule has 0 radical (unpaired) electrons. The van der Waals surface area contributed by atoms with Gasteiger partial charge >= 0.3 is 0 Å². The van der Waals surface area contributed by atoms with E-state index in [-0.39, 0.29) is 0 Å². The summed E-state index contributed by atoms with van der Waals surface area (Å²) >= 11 is 5.75. The monoisotopic (exact) mass is 237 g/mol. The fraction of sp³-hybridized carbons (Fsp3) is 0.182. The highest BCUT2D eigenvalue weighted by Gasteiger charge is 2.03. The third-order valence-corrected chi connectivity index (χ3v) is 2.32. The van der Waals surface area contributed by atoms with Crippen molar-refractivity contribution in [3.8, 4) is 0 Å². The van der Waals surface area contributed by atoms with Crippen LogP contribution in [-0.2, 0) is 6.54 Å². The molecule has 0 unspecified atom stereocenters. The van der Waals surface area contributed by atoms with Crippen LogP contribution in [0, 0.1) is 6.92 Å². The molecule has 2 rings (SSSR count). The summed E-state index contributed by atoms with van der Waals surface area (Å²) in [6.07, 6.45) is 1.55. The normalized spacial score (nSPS) is 10.4. The summed E-state index contributed by atoms with van der Waals surface area (Å²) in [4.78, 5) is 4.09. The number of rotatable bonds is 3. The average molecular weight is 238 g/mol. The zero-order chi connectivity index (χ0) is 11.5. The van der Waals surface area contributed by atoms with Crippen molar-refractivity contribution in [3.63, 3.8) is 0 Å². The number of pyridine rings is 1. The Bertz CT molecular complexity index is 496. The summed E-state index contributed by atoms with van der Waals surface area (Å²) in [6, 6.07) is 5.48. The van der Waals surface area contributed by atoms with Crippen LogP contribution in [0.3, 0.4) is 0 Å². The van der Waals surface area contributed by atoms with E-state index < -0.39 is 0 Å². The van der Waals surface area contributed by atoms with Gasteiger partial charge in [0.1, 0.15) is 17.3 Å². The van der Waals surface area contributed by atoms with E-state index in [9.17, 15) is 0 Å². The zero-order valence-electron chi connectivity index (χ0n) is 8.83. The molecular weight excluding hydrogens is 226 g/mol. The van der Waals surface area contributed by atoms with Crippen LogP contribution in [0.5, 0.6) is 0 Å². The maximum absolute atomic E-state index is 5.75. The van der Waals surface area contributed by atoms with E-state index in [2.05, 4.69) is 10.3 Å². The summed E-state index contributed by atoms with van der Waals surface area (Å²) < 4.78 is 5.41. The minimum Gasteiger partial charge on any atom is -0.465 e. The highest BCUT2D eigenvalue weighted by molar-refractivity contribution is 6.30. The van der Waals surface area contributed by atoms with E-state index >= 15 is 0 Å². The minimum atomic E-state index is 0.524. The molecule has 0 saturated heterocycles. The van der Waals surface area contributed by atoms with Crippen LogP contribution >= 0.6 is 11.6 Å². The van der Waals surface area contributed by atoms with Gasteiger partial charge in [0.25, 0.3) is 0 Å². The second kappa shape index (κ2) is 4.45. The number of hydrogen-bond donors (Lipinski definition) is 2. The van der Waals surface area contributed by atoms with Gasteiger partial charge in [0.05, 0.1) is 17.3 Å². The highest BCUT2D eigenvalue weighted by Crippen LogP contribution is 2.20. The lowest BCUT2D eigenvalue weighted by Crippen LogP contribution is -2.03. The van der Waals surface area contributed by atoms with Gasteiger partial charge < -0.3 is 15.5 Å². The van der Waals surface area contributed by atoms with Crippen molar-refractivity contribution in [1.29, 1.82) is 0 Å². The SMILES string of the molecule is Cc1ccc(CNc2ncc(Cl)cc2N)o1. The van der Waals surface area contributed by atoms with Crippen LogP contribution in [0.4, 0.5) is 11.5 Å². The Labute approximate surface area is 98.4 Å². The number of aryl methyl sites for hydroxylation is 1. The lowest BCUT2D eigenvalue weighted by molar-refractivity contribution is 0.490. The summed E-state index contributed by atoms with van der Waals surface area (Å²) in [5.74, 6) is 2.33. The standard InChI is InChI=1S/C11H12ClN3O/c1-7-2-3-9(16-7)6-15-11-10(13)4-8(12)5-14-11/h2-5H,6,13H2,1H3,(H,14,15). The van der Waals surface area contributed by atoms with Crippen molar-refractivity contribution in [2.24, 2.45) is 0 Å². The van der Waals surface area contributed by atoms with Crippen LogP contribution in [0.25, 0.3) is 0 Å². The number of nitrogens with two attached hydrogens (primary N) is 1. The molecule has 0 aliphatic heterocycles. The molecule has 5 heteroatoms. The first-order valence-electron chi connectivity index (χ1n) is 4.85. The van der Waals surface area contributed by atoms with Crippen LogP contribution in [-0.4, -0.2) is 4.98 Å². The van der Waals surface area contributed by atoms with Crippen molar-refractivity contribution in [3.05, 3.63) is 40.9 Å². The quantitative estimate of drug-likeness (QED) is 0.862. The summed E-state index contributed by atoms with van der Waals surface area (Å²) in [5.41, 5.74) is 6.27. The molecular formula is C11H12ClN3O. The molecule has 2 heterocycles. The Kier molecular flexibility index (Phi) is 3.01. The molecule has 0 aliphatic rings. The Hall–Kier alpha value is -1.68. The van der Waals surface area contributed by atoms with Crippen LogP contribution < -0.4 is 11.1 Å². The number of nitrogens with one attached hydrogen (secondary N) is 1. The molecule has 0 amide bonds. The largest absolute Gasteiger partial charge is 0.465 e. The lowest BCUT2D eigenvalue weighted by Gasteiger charge is -2.06. The molecule has 0 atom stereocenters. The van der Waals surface area contributed by atoms with E-state index in [1.54, 1.807) is 12.3 Å². The Morgan fingerprint density at radius 1 is 1.50 bits per heavy atom. The average Bonchev–Trinajstić information content (AvgIpc) is 2.63. The van der Waals surface area contributed by atoms with Crippen molar-refractivity contribution < 1.29 is 4.42 Å². The van der Waals surface area contributed by atoms with Crippen LogP contribution in [0.15, 0.2) is 28.8 Å². The fourth-order valence-electron chi connectivity index (χ4n) is 1.35. The predicted molar refractivity (Wildman–Crippen MR) is 64.4 cm³/mol. The van der Waals surface area contributed by atoms with Gasteiger partial charge in [-0.3, -0.25) is 0 Å². The smallest absolute Gasteiger partial charge is 0.149 e. The second-order valence-corrected chi connectivity index (χ2v) is 3.89. The lowest BCUT2D eigenvalue weighted by atomic mass is 10.3. The Morgan fingerprint density at radius 2 is 2.31 bits per heavy atom. The molecule has 4 nitrogen and oxygen atoms in total. The van der Waals surface area contributed by atoms with E-state index in [0.29, 0.717) is 23.1 Å². The number of nitrogens with zero attached hydrogens (tertiary/aromatic N) is 1. The van der Waals surface area contributed by atoms with Crippen LogP contribution in [0.1, 0.15) is 11.5 Å². The maximum atomic E-state index is 5.75. The number of halogens is 1. The molecule has 2 aromatic heterocycles. The third-order valence-electron chi connectivity index (χ3n) is 2.11. The third kappa shape index (κ3) is 2.46. The Balaban J connectivity index is 2.04. The highest BCUT2D eigenvalue weighted by atomic mass is 35.5. The number of furan rings is 1. The van der Waals surface area contributed by atoms with Gasteiger partial charge in [-0.1, -0.05) is 11.6 Å². The molecule has 2 aromatic rings. The first-order chi connectivity index (χ1) is 7.65. The molecule has 0 aromatic carbocycles. The Morgan fingerprint density at radius 3 is 2.94 bits per heavy atom.